The van der Waals surface area contributed by atoms with Crippen molar-refractivity contribution in [3.63, 3.8) is 0 Å². The van der Waals surface area contributed by atoms with Gasteiger partial charge in [0.05, 0.1) is 16.7 Å². The van der Waals surface area contributed by atoms with Crippen molar-refractivity contribution in [2.45, 2.75) is 44.8 Å². The van der Waals surface area contributed by atoms with Gasteiger partial charge in [0.15, 0.2) is 0 Å². The van der Waals surface area contributed by atoms with Gasteiger partial charge in [0.25, 0.3) is 0 Å². The van der Waals surface area contributed by atoms with E-state index in [0.717, 1.165) is 60.7 Å². The van der Waals surface area contributed by atoms with Crippen LogP contribution in [-0.4, -0.2) is 32.5 Å². The van der Waals surface area contributed by atoms with Gasteiger partial charge in [0, 0.05) is 29.4 Å². The fourth-order valence-electron chi connectivity index (χ4n) is 3.89. The first-order valence-electron chi connectivity index (χ1n) is 9.14. The fraction of sp³-hybridized carbons (Fsp3) is 0.421. The van der Waals surface area contributed by atoms with Crippen LogP contribution in [0.25, 0.3) is 22.3 Å². The monoisotopic (exact) mass is 373 g/mol. The maximum absolute atomic E-state index is 12.9. The highest BCUT2D eigenvalue weighted by atomic mass is 19.4. The Kier molecular flexibility index (Phi) is 3.47. The summed E-state index contributed by atoms with van der Waals surface area (Å²) in [4.78, 5) is 17.8. The zero-order valence-electron chi connectivity index (χ0n) is 14.8. The molecule has 8 heteroatoms. The average Bonchev–Trinajstić information content (AvgIpc) is 3.25. The van der Waals surface area contributed by atoms with Crippen molar-refractivity contribution in [3.05, 3.63) is 35.3 Å². The normalized spacial score (nSPS) is 19.4. The van der Waals surface area contributed by atoms with E-state index in [1.165, 1.54) is 0 Å². The molecule has 2 aromatic heterocycles. The largest absolute Gasteiger partial charge is 0.449 e. The van der Waals surface area contributed by atoms with Crippen molar-refractivity contribution in [3.8, 4) is 11.3 Å². The van der Waals surface area contributed by atoms with Crippen LogP contribution in [0, 0.1) is 0 Å². The second-order valence-electron chi connectivity index (χ2n) is 7.30. The highest BCUT2D eigenvalue weighted by Crippen LogP contribution is 2.35. The number of fused-ring (bicyclic) bond motifs is 2. The second-order valence-corrected chi connectivity index (χ2v) is 7.30. The van der Waals surface area contributed by atoms with Crippen molar-refractivity contribution < 1.29 is 13.2 Å². The average molecular weight is 373 g/mol. The van der Waals surface area contributed by atoms with Crippen LogP contribution in [0.5, 0.6) is 0 Å². The number of hydrogen-bond donors (Lipinski definition) is 1. The highest BCUT2D eigenvalue weighted by Gasteiger charge is 2.35. The first-order valence-corrected chi connectivity index (χ1v) is 9.14. The van der Waals surface area contributed by atoms with Gasteiger partial charge in [-0.1, -0.05) is 6.07 Å². The molecule has 5 rings (SSSR count). The molecule has 3 heterocycles. The van der Waals surface area contributed by atoms with Crippen molar-refractivity contribution in [1.29, 1.82) is 0 Å². The van der Waals surface area contributed by atoms with E-state index in [9.17, 15) is 13.2 Å². The third kappa shape index (κ3) is 2.65. The summed E-state index contributed by atoms with van der Waals surface area (Å²) in [6.07, 6.45) is -0.521. The Hall–Kier alpha value is -2.64. The molecule has 1 fully saturated rings. The molecule has 1 saturated heterocycles. The summed E-state index contributed by atoms with van der Waals surface area (Å²) < 4.78 is 38.8. The van der Waals surface area contributed by atoms with E-state index in [4.69, 9.17) is 9.97 Å². The molecule has 0 saturated carbocycles. The van der Waals surface area contributed by atoms with Crippen LogP contribution in [0.1, 0.15) is 36.8 Å². The molecule has 2 aliphatic rings. The van der Waals surface area contributed by atoms with Gasteiger partial charge >= 0.3 is 6.18 Å². The smallest absolute Gasteiger partial charge is 0.338 e. The number of imidazole rings is 1. The number of aromatic nitrogens is 4. The van der Waals surface area contributed by atoms with Crippen LogP contribution >= 0.6 is 0 Å². The molecule has 1 N–H and O–H groups in total. The van der Waals surface area contributed by atoms with Gasteiger partial charge in [-0.15, -0.1) is 0 Å². The van der Waals surface area contributed by atoms with Gasteiger partial charge in [-0.25, -0.2) is 15.0 Å². The Labute approximate surface area is 153 Å². The standard InChI is InChI=1S/C19H18F3N5/c1-10-7-8-27(10)18-25-13-4-2-3-12(13)16(26-18)11-5-6-14-15(9-11)24-17(23-14)19(20,21)22/h5-6,9-10H,2-4,7-8H2,1H3,(H,23,24)/t10-/m0/s1. The van der Waals surface area contributed by atoms with Crippen molar-refractivity contribution in [2.75, 3.05) is 11.4 Å². The lowest BCUT2D eigenvalue weighted by Crippen LogP contribution is -2.46. The molecule has 5 nitrogen and oxygen atoms in total. The van der Waals surface area contributed by atoms with E-state index < -0.39 is 12.0 Å². The Bertz CT molecular complexity index is 1040. The Morgan fingerprint density at radius 2 is 2.00 bits per heavy atom. The maximum atomic E-state index is 12.9. The molecule has 3 aromatic rings. The van der Waals surface area contributed by atoms with E-state index in [1.807, 2.05) is 0 Å². The number of rotatable bonds is 2. The van der Waals surface area contributed by atoms with Crippen molar-refractivity contribution >= 4 is 17.0 Å². The van der Waals surface area contributed by atoms with Crippen molar-refractivity contribution in [1.82, 2.24) is 19.9 Å². The van der Waals surface area contributed by atoms with E-state index >= 15 is 0 Å². The zero-order chi connectivity index (χ0) is 18.8. The maximum Gasteiger partial charge on any atom is 0.449 e. The summed E-state index contributed by atoms with van der Waals surface area (Å²) in [5.74, 6) is -0.247. The van der Waals surface area contributed by atoms with E-state index in [-0.39, 0.29) is 0 Å². The van der Waals surface area contributed by atoms with Crippen LogP contribution in [0.3, 0.4) is 0 Å². The predicted octanol–water partition coefficient (Wildman–Crippen LogP) is 4.13. The molecule has 0 bridgehead atoms. The second kappa shape index (κ2) is 5.68. The number of nitrogens with one attached hydrogen (secondary N) is 1. The number of H-pyrrole nitrogens is 1. The molecule has 0 radical (unpaired) electrons. The molecule has 1 aliphatic carbocycles. The molecule has 1 aliphatic heterocycles. The lowest BCUT2D eigenvalue weighted by Gasteiger charge is -2.39. The van der Waals surface area contributed by atoms with Crippen LogP contribution in [0.15, 0.2) is 18.2 Å². The number of anilines is 1. The van der Waals surface area contributed by atoms with Gasteiger partial charge in [-0.3, -0.25) is 0 Å². The van der Waals surface area contributed by atoms with Gasteiger partial charge in [-0.05, 0) is 44.7 Å². The number of benzene rings is 1. The summed E-state index contributed by atoms with van der Waals surface area (Å²) in [5.41, 5.74) is 4.47. The molecule has 1 atom stereocenters. The topological polar surface area (TPSA) is 57.7 Å². The Balaban J connectivity index is 1.63. The van der Waals surface area contributed by atoms with Gasteiger partial charge in [-0.2, -0.15) is 13.2 Å². The number of hydrogen-bond acceptors (Lipinski definition) is 4. The van der Waals surface area contributed by atoms with Crippen LogP contribution < -0.4 is 4.90 Å². The highest BCUT2D eigenvalue weighted by molar-refractivity contribution is 5.82. The fourth-order valence-corrected chi connectivity index (χ4v) is 3.89. The zero-order valence-corrected chi connectivity index (χ0v) is 14.8. The number of aryl methyl sites for hydroxylation is 1. The third-order valence-corrected chi connectivity index (χ3v) is 5.52. The summed E-state index contributed by atoms with van der Waals surface area (Å²) in [5, 5.41) is 0. The minimum Gasteiger partial charge on any atom is -0.338 e. The number of nitrogens with zero attached hydrogens (tertiary/aromatic N) is 4. The van der Waals surface area contributed by atoms with Crippen LogP contribution in [0.4, 0.5) is 19.1 Å². The summed E-state index contributed by atoms with van der Waals surface area (Å²) >= 11 is 0. The summed E-state index contributed by atoms with van der Waals surface area (Å²) in [6.45, 7) is 3.09. The lowest BCUT2D eigenvalue weighted by atomic mass is 10.0. The molecule has 0 spiro atoms. The van der Waals surface area contributed by atoms with Gasteiger partial charge in [0.2, 0.25) is 11.8 Å². The van der Waals surface area contributed by atoms with Crippen LogP contribution in [0.2, 0.25) is 0 Å². The van der Waals surface area contributed by atoms with Crippen molar-refractivity contribution in [2.24, 2.45) is 0 Å². The number of aromatic amines is 1. The molecule has 1 aromatic carbocycles. The number of halogens is 3. The van der Waals surface area contributed by atoms with E-state index in [0.29, 0.717) is 17.1 Å². The minimum absolute atomic E-state index is 0.299. The SMILES string of the molecule is C[C@H]1CCN1c1nc2c(c(-c3ccc4nc(C(F)(F)F)[nH]c4c3)n1)CCC2. The lowest BCUT2D eigenvalue weighted by molar-refractivity contribution is -0.144. The Morgan fingerprint density at radius 1 is 1.15 bits per heavy atom. The summed E-state index contributed by atoms with van der Waals surface area (Å²) in [7, 11) is 0. The minimum atomic E-state index is -4.49. The first kappa shape index (κ1) is 16.5. The first-order chi connectivity index (χ1) is 12.9. The molecule has 0 unspecified atom stereocenters. The van der Waals surface area contributed by atoms with Crippen LogP contribution in [-0.2, 0) is 19.0 Å². The summed E-state index contributed by atoms with van der Waals surface area (Å²) in [6, 6.07) is 5.54. The number of alkyl halides is 3. The molecular formula is C19H18F3N5. The van der Waals surface area contributed by atoms with Gasteiger partial charge < -0.3 is 9.88 Å². The molecule has 0 amide bonds. The van der Waals surface area contributed by atoms with E-state index in [2.05, 4.69) is 21.8 Å². The van der Waals surface area contributed by atoms with Gasteiger partial charge in [0.1, 0.15) is 0 Å². The molecule has 140 valence electrons. The molecular weight excluding hydrogens is 355 g/mol. The Morgan fingerprint density at radius 3 is 2.70 bits per heavy atom. The third-order valence-electron chi connectivity index (χ3n) is 5.52. The quantitative estimate of drug-likeness (QED) is 0.734. The predicted molar refractivity (Wildman–Crippen MR) is 95.6 cm³/mol. The van der Waals surface area contributed by atoms with E-state index in [1.54, 1.807) is 18.2 Å². The molecule has 27 heavy (non-hydrogen) atoms.